The summed E-state index contributed by atoms with van der Waals surface area (Å²) in [4.78, 5) is 2.40. The molecule has 1 atom stereocenters. The van der Waals surface area contributed by atoms with Crippen molar-refractivity contribution in [3.05, 3.63) is 0 Å². The third kappa shape index (κ3) is 32.8. The minimum Gasteiger partial charge on any atom is -0.378 e. The van der Waals surface area contributed by atoms with Crippen LogP contribution in [0.5, 0.6) is 0 Å². The highest BCUT2D eigenvalue weighted by atomic mass is 16.3. The average Bonchev–Trinajstić information content (AvgIpc) is 2.99. The summed E-state index contributed by atoms with van der Waals surface area (Å²) < 4.78 is 0. The maximum Gasteiger partial charge on any atom is 0.107 e. The Kier molecular flexibility index (Phi) is 37.0. The zero-order valence-electron chi connectivity index (χ0n) is 29.9. The molecule has 0 saturated heterocycles. The van der Waals surface area contributed by atoms with Gasteiger partial charge in [0.05, 0.1) is 0 Å². The molecule has 0 aromatic heterocycles. The van der Waals surface area contributed by atoms with E-state index >= 15 is 0 Å². The van der Waals surface area contributed by atoms with Crippen LogP contribution in [-0.4, -0.2) is 29.3 Å². The standard InChI is InChI=1S/C40H83NO/c1-4-7-9-11-13-15-17-19-21-23-25-27-29-31-33-35-38-41(40(42)37-6-3)39-36-34-32-30-28-26-24-22-20-18-16-14-12-10-8-5-2/h40,42H,4-39H2,1-3H3. The highest BCUT2D eigenvalue weighted by molar-refractivity contribution is 4.63. The molecule has 254 valence electrons. The molecular weight excluding hydrogens is 510 g/mol. The topological polar surface area (TPSA) is 23.5 Å². The summed E-state index contributed by atoms with van der Waals surface area (Å²) >= 11 is 0. The number of unbranched alkanes of at least 4 members (excludes halogenated alkanes) is 30. The largest absolute Gasteiger partial charge is 0.378 e. The minimum absolute atomic E-state index is 0.220. The maximum atomic E-state index is 10.7. The van der Waals surface area contributed by atoms with Crippen LogP contribution in [0.3, 0.4) is 0 Å². The Labute approximate surface area is 268 Å². The molecular formula is C40H83NO. The van der Waals surface area contributed by atoms with E-state index in [1.807, 2.05) is 0 Å². The van der Waals surface area contributed by atoms with E-state index in [0.29, 0.717) is 0 Å². The molecule has 1 N–H and O–H groups in total. The summed E-state index contributed by atoms with van der Waals surface area (Å²) in [6, 6.07) is 0. The van der Waals surface area contributed by atoms with E-state index in [2.05, 4.69) is 25.7 Å². The number of aliphatic hydroxyl groups excluding tert-OH is 1. The van der Waals surface area contributed by atoms with Gasteiger partial charge in [0, 0.05) is 13.1 Å². The number of hydrogen-bond acceptors (Lipinski definition) is 2. The van der Waals surface area contributed by atoms with Crippen molar-refractivity contribution in [3.63, 3.8) is 0 Å². The first kappa shape index (κ1) is 41.9. The van der Waals surface area contributed by atoms with Gasteiger partial charge >= 0.3 is 0 Å². The molecule has 0 aliphatic rings. The molecule has 0 bridgehead atoms. The zero-order valence-corrected chi connectivity index (χ0v) is 29.9. The molecule has 0 amide bonds. The molecule has 0 rings (SSSR count). The first-order valence-corrected chi connectivity index (χ1v) is 20.2. The quantitative estimate of drug-likeness (QED) is 0.0572. The van der Waals surface area contributed by atoms with Crippen molar-refractivity contribution in [1.29, 1.82) is 0 Å². The third-order valence-electron chi connectivity index (χ3n) is 9.57. The molecule has 0 aliphatic carbocycles. The lowest BCUT2D eigenvalue weighted by Crippen LogP contribution is -2.36. The van der Waals surface area contributed by atoms with Gasteiger partial charge in [0.2, 0.25) is 0 Å². The van der Waals surface area contributed by atoms with Gasteiger partial charge in [-0.1, -0.05) is 220 Å². The lowest BCUT2D eigenvalue weighted by atomic mass is 10.0. The second kappa shape index (κ2) is 37.1. The molecule has 0 fully saturated rings. The van der Waals surface area contributed by atoms with Gasteiger partial charge in [0.15, 0.2) is 0 Å². The third-order valence-corrected chi connectivity index (χ3v) is 9.57. The van der Waals surface area contributed by atoms with E-state index in [-0.39, 0.29) is 6.23 Å². The van der Waals surface area contributed by atoms with Gasteiger partial charge in [0.1, 0.15) is 6.23 Å². The van der Waals surface area contributed by atoms with Crippen molar-refractivity contribution in [2.75, 3.05) is 13.1 Å². The Morgan fingerprint density at radius 3 is 0.738 bits per heavy atom. The fourth-order valence-corrected chi connectivity index (χ4v) is 6.58. The van der Waals surface area contributed by atoms with E-state index in [1.165, 1.54) is 205 Å². The number of nitrogens with zero attached hydrogens (tertiary/aromatic N) is 1. The Morgan fingerprint density at radius 2 is 0.524 bits per heavy atom. The second-order valence-corrected chi connectivity index (χ2v) is 13.9. The number of hydrogen-bond donors (Lipinski definition) is 1. The molecule has 0 radical (unpaired) electrons. The van der Waals surface area contributed by atoms with Crippen molar-refractivity contribution in [2.45, 2.75) is 245 Å². The molecule has 0 aromatic carbocycles. The van der Waals surface area contributed by atoms with Crippen LogP contribution < -0.4 is 0 Å². The minimum atomic E-state index is -0.220. The van der Waals surface area contributed by atoms with Crippen molar-refractivity contribution in [1.82, 2.24) is 4.90 Å². The lowest BCUT2D eigenvalue weighted by molar-refractivity contribution is -0.00497. The number of rotatable bonds is 37. The van der Waals surface area contributed by atoms with E-state index < -0.39 is 0 Å². The summed E-state index contributed by atoms with van der Waals surface area (Å²) in [6.45, 7) is 8.99. The Morgan fingerprint density at radius 1 is 0.310 bits per heavy atom. The highest BCUT2D eigenvalue weighted by Crippen LogP contribution is 2.16. The SMILES string of the molecule is CCCCCCCCCCCCCCCCCCN(CCCCCCCCCCCCCCCCCC)C(O)CCC. The summed E-state index contributed by atoms with van der Waals surface area (Å²) in [5.74, 6) is 0. The molecule has 0 aliphatic heterocycles. The molecule has 1 unspecified atom stereocenters. The molecule has 2 nitrogen and oxygen atoms in total. The van der Waals surface area contributed by atoms with Crippen LogP contribution >= 0.6 is 0 Å². The fraction of sp³-hybridized carbons (Fsp3) is 1.00. The molecule has 2 heteroatoms. The van der Waals surface area contributed by atoms with E-state index in [9.17, 15) is 5.11 Å². The van der Waals surface area contributed by atoms with Crippen LogP contribution in [0.15, 0.2) is 0 Å². The Bertz CT molecular complexity index is 431. The monoisotopic (exact) mass is 594 g/mol. The average molecular weight is 594 g/mol. The Balaban J connectivity index is 3.57. The van der Waals surface area contributed by atoms with Crippen LogP contribution in [0.1, 0.15) is 239 Å². The van der Waals surface area contributed by atoms with Gasteiger partial charge in [-0.2, -0.15) is 0 Å². The maximum absolute atomic E-state index is 10.7. The number of aliphatic hydroxyl groups is 1. The first-order valence-electron chi connectivity index (χ1n) is 20.2. The molecule has 0 spiro atoms. The predicted molar refractivity (Wildman–Crippen MR) is 192 cm³/mol. The Hall–Kier alpha value is -0.0800. The molecule has 42 heavy (non-hydrogen) atoms. The molecule has 0 heterocycles. The van der Waals surface area contributed by atoms with Crippen molar-refractivity contribution in [3.8, 4) is 0 Å². The van der Waals surface area contributed by atoms with Gasteiger partial charge in [0.25, 0.3) is 0 Å². The van der Waals surface area contributed by atoms with Crippen molar-refractivity contribution in [2.24, 2.45) is 0 Å². The van der Waals surface area contributed by atoms with Gasteiger partial charge in [-0.15, -0.1) is 0 Å². The van der Waals surface area contributed by atoms with Crippen molar-refractivity contribution >= 4 is 0 Å². The van der Waals surface area contributed by atoms with Crippen LogP contribution in [-0.2, 0) is 0 Å². The highest BCUT2D eigenvalue weighted by Gasteiger charge is 2.13. The van der Waals surface area contributed by atoms with Crippen molar-refractivity contribution < 1.29 is 5.11 Å². The lowest BCUT2D eigenvalue weighted by Gasteiger charge is -2.27. The first-order chi connectivity index (χ1) is 20.8. The summed E-state index contributed by atoms with van der Waals surface area (Å²) in [5, 5.41) is 10.7. The zero-order chi connectivity index (χ0) is 30.6. The fourth-order valence-electron chi connectivity index (χ4n) is 6.58. The molecule has 0 aromatic rings. The summed E-state index contributed by atoms with van der Waals surface area (Å²) in [7, 11) is 0. The van der Waals surface area contributed by atoms with Crippen LogP contribution in [0.2, 0.25) is 0 Å². The summed E-state index contributed by atoms with van der Waals surface area (Å²) in [6.07, 6.45) is 47.3. The van der Waals surface area contributed by atoms with Crippen LogP contribution in [0.4, 0.5) is 0 Å². The van der Waals surface area contributed by atoms with Gasteiger partial charge in [-0.25, -0.2) is 0 Å². The van der Waals surface area contributed by atoms with Crippen LogP contribution in [0.25, 0.3) is 0 Å². The van der Waals surface area contributed by atoms with Gasteiger partial charge in [-0.05, 0) is 19.3 Å². The van der Waals surface area contributed by atoms with E-state index in [1.54, 1.807) is 0 Å². The predicted octanol–water partition coefficient (Wildman–Crippen LogP) is 13.9. The second-order valence-electron chi connectivity index (χ2n) is 13.9. The van der Waals surface area contributed by atoms with E-state index in [4.69, 9.17) is 0 Å². The van der Waals surface area contributed by atoms with Crippen LogP contribution in [0, 0.1) is 0 Å². The smallest absolute Gasteiger partial charge is 0.107 e. The van der Waals surface area contributed by atoms with Gasteiger partial charge < -0.3 is 5.11 Å². The van der Waals surface area contributed by atoms with Gasteiger partial charge in [-0.3, -0.25) is 4.90 Å². The van der Waals surface area contributed by atoms with E-state index in [0.717, 1.165) is 25.9 Å². The summed E-state index contributed by atoms with van der Waals surface area (Å²) in [5.41, 5.74) is 0. The molecule has 0 saturated carbocycles. The normalized spacial score (nSPS) is 12.5.